The summed E-state index contributed by atoms with van der Waals surface area (Å²) in [5.41, 5.74) is 0.533. The van der Waals surface area contributed by atoms with Crippen LogP contribution in [0.15, 0.2) is 18.2 Å². The summed E-state index contributed by atoms with van der Waals surface area (Å²) in [6, 6.07) is 4.52. The number of ether oxygens (including phenoxy) is 1. The number of nitro benzene ring substituents is 1. The lowest BCUT2D eigenvalue weighted by molar-refractivity contribution is -0.385. The lowest BCUT2D eigenvalue weighted by atomic mass is 10.1. The van der Waals surface area contributed by atoms with Gasteiger partial charge in [-0.25, -0.2) is 5.06 Å². The van der Waals surface area contributed by atoms with Crippen LogP contribution in [0, 0.1) is 10.1 Å². The van der Waals surface area contributed by atoms with Crippen molar-refractivity contribution in [3.63, 3.8) is 0 Å². The minimum atomic E-state index is -0.570. The number of carbonyl (C=O) groups excluding carboxylic acids is 1. The first-order valence-electron chi connectivity index (χ1n) is 6.48. The number of hydrogen-bond donors (Lipinski definition) is 0. The molecule has 1 fully saturated rings. The number of hydroxylamine groups is 2. The fraction of sp³-hybridized carbons (Fsp3) is 0.462. The molecule has 1 saturated heterocycles. The Labute approximate surface area is 121 Å². The van der Waals surface area contributed by atoms with Gasteiger partial charge in [-0.05, 0) is 12.1 Å². The SMILES string of the molecule is CON(C)C(=O)c1cc(N2CCOCC2)ccc1[N+](=O)[O-]. The Balaban J connectivity index is 2.38. The minimum absolute atomic E-state index is 0.00772. The molecule has 1 aliphatic heterocycles. The van der Waals surface area contributed by atoms with Crippen LogP contribution in [0.4, 0.5) is 11.4 Å². The molecule has 0 N–H and O–H groups in total. The molecular weight excluding hydrogens is 278 g/mol. The predicted molar refractivity (Wildman–Crippen MR) is 75.2 cm³/mol. The van der Waals surface area contributed by atoms with Crippen molar-refractivity contribution in [1.29, 1.82) is 0 Å². The van der Waals surface area contributed by atoms with Crippen LogP contribution >= 0.6 is 0 Å². The molecule has 0 atom stereocenters. The third-order valence-corrected chi connectivity index (χ3v) is 3.34. The number of hydrogen-bond acceptors (Lipinski definition) is 6. The Kier molecular flexibility index (Phi) is 4.71. The first-order valence-corrected chi connectivity index (χ1v) is 6.48. The second kappa shape index (κ2) is 6.51. The van der Waals surface area contributed by atoms with E-state index in [1.807, 2.05) is 4.90 Å². The fourth-order valence-electron chi connectivity index (χ4n) is 2.13. The number of nitro groups is 1. The summed E-state index contributed by atoms with van der Waals surface area (Å²) in [5, 5.41) is 12.0. The normalized spacial score (nSPS) is 14.9. The molecule has 1 aromatic carbocycles. The van der Waals surface area contributed by atoms with Crippen LogP contribution in [0.25, 0.3) is 0 Å². The van der Waals surface area contributed by atoms with Crippen LogP contribution in [-0.2, 0) is 9.57 Å². The van der Waals surface area contributed by atoms with Crippen molar-refractivity contribution >= 4 is 17.3 Å². The lowest BCUT2D eigenvalue weighted by Gasteiger charge is -2.29. The van der Waals surface area contributed by atoms with Gasteiger partial charge < -0.3 is 9.64 Å². The molecule has 0 bridgehead atoms. The summed E-state index contributed by atoms with van der Waals surface area (Å²) < 4.78 is 5.27. The number of rotatable bonds is 4. The van der Waals surface area contributed by atoms with Gasteiger partial charge in [0.25, 0.3) is 11.6 Å². The summed E-state index contributed by atoms with van der Waals surface area (Å²) in [7, 11) is 2.74. The van der Waals surface area contributed by atoms with Crippen molar-refractivity contribution in [2.75, 3.05) is 45.4 Å². The van der Waals surface area contributed by atoms with Crippen LogP contribution in [0.3, 0.4) is 0 Å². The van der Waals surface area contributed by atoms with Crippen molar-refractivity contribution in [3.8, 4) is 0 Å². The van der Waals surface area contributed by atoms with Gasteiger partial charge in [-0.15, -0.1) is 0 Å². The average molecular weight is 295 g/mol. The van der Waals surface area contributed by atoms with Gasteiger partial charge >= 0.3 is 0 Å². The highest BCUT2D eigenvalue weighted by atomic mass is 16.7. The molecule has 0 spiro atoms. The highest BCUT2D eigenvalue weighted by Crippen LogP contribution is 2.26. The molecule has 1 aliphatic rings. The fourth-order valence-corrected chi connectivity index (χ4v) is 2.13. The number of anilines is 1. The van der Waals surface area contributed by atoms with Gasteiger partial charge in [-0.1, -0.05) is 0 Å². The Bertz CT molecular complexity index is 543. The third kappa shape index (κ3) is 3.29. The Morgan fingerprint density at radius 2 is 2.10 bits per heavy atom. The largest absolute Gasteiger partial charge is 0.378 e. The quantitative estimate of drug-likeness (QED) is 0.610. The van der Waals surface area contributed by atoms with E-state index in [4.69, 9.17) is 9.57 Å². The Morgan fingerprint density at radius 3 is 2.67 bits per heavy atom. The summed E-state index contributed by atoms with van der Waals surface area (Å²) in [5.74, 6) is -0.556. The summed E-state index contributed by atoms with van der Waals surface area (Å²) in [4.78, 5) is 29.5. The first-order chi connectivity index (χ1) is 10.0. The van der Waals surface area contributed by atoms with Gasteiger partial charge in [0.1, 0.15) is 5.56 Å². The molecule has 2 rings (SSSR count). The van der Waals surface area contributed by atoms with Gasteiger partial charge in [0.2, 0.25) is 0 Å². The van der Waals surface area contributed by atoms with Gasteiger partial charge in [-0.2, -0.15) is 0 Å². The van der Waals surface area contributed by atoms with Crippen molar-refractivity contribution in [3.05, 3.63) is 33.9 Å². The minimum Gasteiger partial charge on any atom is -0.378 e. The average Bonchev–Trinajstić information content (AvgIpc) is 2.53. The van der Waals surface area contributed by atoms with Crippen LogP contribution in [-0.4, -0.2) is 56.4 Å². The summed E-state index contributed by atoms with van der Waals surface area (Å²) in [6.45, 7) is 2.56. The van der Waals surface area contributed by atoms with E-state index in [1.54, 1.807) is 6.07 Å². The van der Waals surface area contributed by atoms with E-state index >= 15 is 0 Å². The standard InChI is InChI=1S/C13H17N3O5/c1-14(20-2)13(17)11-9-10(3-4-12(11)16(18)19)15-5-7-21-8-6-15/h3-4,9H,5-8H2,1-2H3. The van der Waals surface area contributed by atoms with Crippen LogP contribution in [0.5, 0.6) is 0 Å². The zero-order valence-electron chi connectivity index (χ0n) is 11.9. The molecule has 0 aromatic heterocycles. The molecule has 0 aliphatic carbocycles. The second-order valence-electron chi connectivity index (χ2n) is 4.54. The number of nitrogens with zero attached hydrogens (tertiary/aromatic N) is 3. The number of carbonyl (C=O) groups is 1. The van der Waals surface area contributed by atoms with Crippen molar-refractivity contribution < 1.29 is 19.3 Å². The molecule has 0 unspecified atom stereocenters. The van der Waals surface area contributed by atoms with Crippen molar-refractivity contribution in [1.82, 2.24) is 5.06 Å². The highest BCUT2D eigenvalue weighted by Gasteiger charge is 2.25. The zero-order valence-corrected chi connectivity index (χ0v) is 11.9. The van der Waals surface area contributed by atoms with E-state index in [0.717, 1.165) is 10.8 Å². The molecule has 21 heavy (non-hydrogen) atoms. The van der Waals surface area contributed by atoms with Crippen LogP contribution in [0.1, 0.15) is 10.4 Å². The maximum atomic E-state index is 12.2. The van der Waals surface area contributed by atoms with E-state index < -0.39 is 10.8 Å². The maximum Gasteiger partial charge on any atom is 0.284 e. The number of benzene rings is 1. The molecule has 8 heteroatoms. The van der Waals surface area contributed by atoms with Gasteiger partial charge in [-0.3, -0.25) is 19.7 Å². The summed E-state index contributed by atoms with van der Waals surface area (Å²) >= 11 is 0. The highest BCUT2D eigenvalue weighted by molar-refractivity contribution is 5.98. The van der Waals surface area contributed by atoms with Crippen molar-refractivity contribution in [2.24, 2.45) is 0 Å². The molecule has 0 radical (unpaired) electrons. The van der Waals surface area contributed by atoms with Gasteiger partial charge in [0, 0.05) is 31.9 Å². The van der Waals surface area contributed by atoms with E-state index in [-0.39, 0.29) is 11.3 Å². The maximum absolute atomic E-state index is 12.2. The number of amides is 1. The third-order valence-electron chi connectivity index (χ3n) is 3.34. The lowest BCUT2D eigenvalue weighted by Crippen LogP contribution is -2.36. The smallest absolute Gasteiger partial charge is 0.284 e. The molecule has 114 valence electrons. The van der Waals surface area contributed by atoms with Gasteiger partial charge in [0.05, 0.1) is 25.2 Å². The van der Waals surface area contributed by atoms with E-state index in [0.29, 0.717) is 26.3 Å². The second-order valence-corrected chi connectivity index (χ2v) is 4.54. The Morgan fingerprint density at radius 1 is 1.43 bits per heavy atom. The van der Waals surface area contributed by atoms with Crippen LogP contribution < -0.4 is 4.90 Å². The van der Waals surface area contributed by atoms with E-state index in [1.165, 1.54) is 26.3 Å². The number of morpholine rings is 1. The first kappa shape index (κ1) is 15.2. The molecule has 1 heterocycles. The monoisotopic (exact) mass is 295 g/mol. The molecule has 1 aromatic rings. The summed E-state index contributed by atoms with van der Waals surface area (Å²) in [6.07, 6.45) is 0. The zero-order chi connectivity index (χ0) is 15.4. The molecule has 1 amide bonds. The molecule has 0 saturated carbocycles. The van der Waals surface area contributed by atoms with Gasteiger partial charge in [0.15, 0.2) is 0 Å². The Hall–Kier alpha value is -2.19. The topological polar surface area (TPSA) is 85.2 Å². The van der Waals surface area contributed by atoms with Crippen molar-refractivity contribution in [2.45, 2.75) is 0 Å². The predicted octanol–water partition coefficient (Wildman–Crippen LogP) is 1.06. The molecular formula is C13H17N3O5. The van der Waals surface area contributed by atoms with Crippen LogP contribution in [0.2, 0.25) is 0 Å². The van der Waals surface area contributed by atoms with E-state index in [2.05, 4.69) is 0 Å². The van der Waals surface area contributed by atoms with E-state index in [9.17, 15) is 14.9 Å². The molecule has 8 nitrogen and oxygen atoms in total.